The van der Waals surface area contributed by atoms with Gasteiger partial charge >= 0.3 is 0 Å². The summed E-state index contributed by atoms with van der Waals surface area (Å²) in [6, 6.07) is 10.3. The Morgan fingerprint density at radius 2 is 2.00 bits per heavy atom. The fourth-order valence-corrected chi connectivity index (χ4v) is 2.88. The van der Waals surface area contributed by atoms with E-state index in [1.54, 1.807) is 6.20 Å². The van der Waals surface area contributed by atoms with E-state index in [4.69, 9.17) is 5.73 Å². The summed E-state index contributed by atoms with van der Waals surface area (Å²) in [5.41, 5.74) is 11.6. The van der Waals surface area contributed by atoms with E-state index in [0.29, 0.717) is 5.95 Å². The number of fused-ring (bicyclic) bond motifs is 2. The van der Waals surface area contributed by atoms with Crippen molar-refractivity contribution in [1.29, 1.82) is 0 Å². The second-order valence-electron chi connectivity index (χ2n) is 4.96. The molecule has 0 atom stereocenters. The van der Waals surface area contributed by atoms with Crippen LogP contribution in [0.1, 0.15) is 17.5 Å². The third kappa shape index (κ3) is 1.53. The molecule has 1 aliphatic rings. The first-order valence-corrected chi connectivity index (χ1v) is 6.54. The average molecular weight is 250 g/mol. The lowest BCUT2D eigenvalue weighted by atomic mass is 10.1. The molecule has 2 aromatic heterocycles. The number of pyridine rings is 1. The van der Waals surface area contributed by atoms with E-state index >= 15 is 0 Å². The quantitative estimate of drug-likeness (QED) is 0.722. The summed E-state index contributed by atoms with van der Waals surface area (Å²) >= 11 is 0. The Labute approximate surface area is 110 Å². The van der Waals surface area contributed by atoms with Crippen LogP contribution in [0.5, 0.6) is 0 Å². The first kappa shape index (κ1) is 10.6. The smallest absolute Gasteiger partial charge is 0.207 e. The molecule has 1 aliphatic carbocycles. The van der Waals surface area contributed by atoms with Crippen LogP contribution in [0.2, 0.25) is 0 Å². The third-order valence-electron chi connectivity index (χ3n) is 3.78. The second-order valence-corrected chi connectivity index (χ2v) is 4.96. The second kappa shape index (κ2) is 3.82. The summed E-state index contributed by atoms with van der Waals surface area (Å²) in [5.74, 6) is 0.492. The van der Waals surface area contributed by atoms with Gasteiger partial charge in [-0.2, -0.15) is 0 Å². The molecule has 0 saturated carbocycles. The first-order valence-electron chi connectivity index (χ1n) is 6.54. The molecule has 3 aromatic rings. The Morgan fingerprint density at radius 3 is 2.95 bits per heavy atom. The summed E-state index contributed by atoms with van der Waals surface area (Å²) in [6.45, 7) is 0. The van der Waals surface area contributed by atoms with Crippen LogP contribution in [0.15, 0.2) is 36.5 Å². The maximum Gasteiger partial charge on any atom is 0.207 e. The Bertz CT molecular complexity index is 773. The van der Waals surface area contributed by atoms with Crippen LogP contribution in [0.3, 0.4) is 0 Å². The Balaban J connectivity index is 1.97. The van der Waals surface area contributed by atoms with E-state index in [9.17, 15) is 0 Å². The molecule has 0 spiro atoms. The minimum atomic E-state index is 0.492. The lowest BCUT2D eigenvalue weighted by Gasteiger charge is -2.08. The molecule has 0 aliphatic heterocycles. The molecule has 2 heterocycles. The first-order chi connectivity index (χ1) is 9.33. The zero-order valence-electron chi connectivity index (χ0n) is 10.5. The lowest BCUT2D eigenvalue weighted by Crippen LogP contribution is -2.02. The van der Waals surface area contributed by atoms with Gasteiger partial charge in [0.05, 0.1) is 5.69 Å². The van der Waals surface area contributed by atoms with Gasteiger partial charge in [-0.15, -0.1) is 0 Å². The molecule has 0 radical (unpaired) electrons. The molecule has 0 saturated heterocycles. The zero-order chi connectivity index (χ0) is 12.8. The molecule has 0 fully saturated rings. The summed E-state index contributed by atoms with van der Waals surface area (Å²) in [4.78, 5) is 8.75. The highest BCUT2D eigenvalue weighted by molar-refractivity contribution is 5.76. The molecule has 2 N–H and O–H groups in total. The number of benzene rings is 1. The van der Waals surface area contributed by atoms with Gasteiger partial charge in [0.2, 0.25) is 5.95 Å². The number of nitrogens with two attached hydrogens (primary N) is 1. The van der Waals surface area contributed by atoms with E-state index < -0.39 is 0 Å². The molecule has 4 nitrogen and oxygen atoms in total. The van der Waals surface area contributed by atoms with Crippen LogP contribution in [-0.2, 0) is 12.8 Å². The molecular formula is C15H14N4. The van der Waals surface area contributed by atoms with E-state index in [1.165, 1.54) is 24.0 Å². The summed E-state index contributed by atoms with van der Waals surface area (Å²) in [7, 11) is 0. The van der Waals surface area contributed by atoms with Gasteiger partial charge in [-0.1, -0.05) is 6.07 Å². The highest BCUT2D eigenvalue weighted by Crippen LogP contribution is 2.27. The van der Waals surface area contributed by atoms with Gasteiger partial charge in [0.25, 0.3) is 0 Å². The average Bonchev–Trinajstić information content (AvgIpc) is 3.00. The largest absolute Gasteiger partial charge is 0.369 e. The van der Waals surface area contributed by atoms with Gasteiger partial charge in [-0.05, 0) is 54.7 Å². The number of nitrogens with zero attached hydrogens (tertiary/aromatic N) is 3. The highest BCUT2D eigenvalue weighted by atomic mass is 15.2. The van der Waals surface area contributed by atoms with E-state index in [2.05, 4.69) is 28.2 Å². The van der Waals surface area contributed by atoms with E-state index in [1.807, 2.05) is 16.7 Å². The maximum atomic E-state index is 6.04. The predicted molar refractivity (Wildman–Crippen MR) is 75.3 cm³/mol. The monoisotopic (exact) mass is 250 g/mol. The zero-order valence-corrected chi connectivity index (χ0v) is 10.5. The van der Waals surface area contributed by atoms with Crippen molar-refractivity contribution in [2.75, 3.05) is 5.73 Å². The van der Waals surface area contributed by atoms with Gasteiger partial charge in [0.15, 0.2) is 5.65 Å². The van der Waals surface area contributed by atoms with Crippen LogP contribution in [0, 0.1) is 0 Å². The van der Waals surface area contributed by atoms with Crippen LogP contribution in [-0.4, -0.2) is 14.5 Å². The molecular weight excluding hydrogens is 236 g/mol. The molecule has 19 heavy (non-hydrogen) atoms. The molecule has 0 unspecified atom stereocenters. The third-order valence-corrected chi connectivity index (χ3v) is 3.78. The fourth-order valence-electron chi connectivity index (χ4n) is 2.88. The van der Waals surface area contributed by atoms with Crippen LogP contribution >= 0.6 is 0 Å². The summed E-state index contributed by atoms with van der Waals surface area (Å²) in [5, 5.41) is 0. The number of anilines is 1. The van der Waals surface area contributed by atoms with Crippen LogP contribution < -0.4 is 5.73 Å². The number of aromatic nitrogens is 3. The van der Waals surface area contributed by atoms with Gasteiger partial charge in [-0.25, -0.2) is 9.97 Å². The number of nitrogen functional groups attached to an aromatic ring is 1. The number of hydrogen-bond acceptors (Lipinski definition) is 3. The van der Waals surface area contributed by atoms with E-state index in [0.717, 1.165) is 23.3 Å². The maximum absolute atomic E-state index is 6.04. The Morgan fingerprint density at radius 1 is 1.11 bits per heavy atom. The summed E-state index contributed by atoms with van der Waals surface area (Å²) < 4.78 is 1.92. The fraction of sp³-hybridized carbons (Fsp3) is 0.200. The summed E-state index contributed by atoms with van der Waals surface area (Å²) in [6.07, 6.45) is 5.36. The lowest BCUT2D eigenvalue weighted by molar-refractivity contribution is 0.911. The molecule has 0 bridgehead atoms. The van der Waals surface area contributed by atoms with Crippen molar-refractivity contribution < 1.29 is 0 Å². The van der Waals surface area contributed by atoms with Gasteiger partial charge < -0.3 is 5.73 Å². The normalized spacial score (nSPS) is 13.9. The molecule has 94 valence electrons. The van der Waals surface area contributed by atoms with Gasteiger partial charge in [0.1, 0.15) is 5.52 Å². The van der Waals surface area contributed by atoms with Crippen LogP contribution in [0.25, 0.3) is 16.9 Å². The minimum absolute atomic E-state index is 0.492. The van der Waals surface area contributed by atoms with Crippen molar-refractivity contribution in [2.45, 2.75) is 19.3 Å². The SMILES string of the molecule is Nc1nc2cccnc2n1-c1ccc2c(c1)CCC2. The number of hydrogen-bond donors (Lipinski definition) is 1. The molecule has 4 rings (SSSR count). The highest BCUT2D eigenvalue weighted by Gasteiger charge is 2.15. The molecule has 1 aromatic carbocycles. The predicted octanol–water partition coefficient (Wildman–Crippen LogP) is 2.49. The van der Waals surface area contributed by atoms with Gasteiger partial charge in [0, 0.05) is 6.20 Å². The standard InChI is InChI=1S/C15H14N4/c16-15-18-13-5-2-8-17-14(13)19(15)12-7-6-10-3-1-4-11(10)9-12/h2,5-9H,1,3-4H2,(H2,16,18). The number of aryl methyl sites for hydroxylation is 2. The molecule has 4 heteroatoms. The number of imidazole rings is 1. The van der Waals surface area contributed by atoms with Crippen molar-refractivity contribution in [3.63, 3.8) is 0 Å². The van der Waals surface area contributed by atoms with Crippen molar-refractivity contribution >= 4 is 17.1 Å². The van der Waals surface area contributed by atoms with Crippen LogP contribution in [0.4, 0.5) is 5.95 Å². The Hall–Kier alpha value is -2.36. The van der Waals surface area contributed by atoms with Crippen molar-refractivity contribution in [1.82, 2.24) is 14.5 Å². The van der Waals surface area contributed by atoms with Crippen molar-refractivity contribution in [2.24, 2.45) is 0 Å². The number of rotatable bonds is 1. The van der Waals surface area contributed by atoms with E-state index in [-0.39, 0.29) is 0 Å². The van der Waals surface area contributed by atoms with Crippen molar-refractivity contribution in [3.8, 4) is 5.69 Å². The minimum Gasteiger partial charge on any atom is -0.369 e. The Kier molecular flexibility index (Phi) is 2.12. The molecule has 0 amide bonds. The topological polar surface area (TPSA) is 56.7 Å². The van der Waals surface area contributed by atoms with Gasteiger partial charge in [-0.3, -0.25) is 4.57 Å². The van der Waals surface area contributed by atoms with Crippen molar-refractivity contribution in [3.05, 3.63) is 47.7 Å².